The first kappa shape index (κ1) is 50.3. The highest BCUT2D eigenvalue weighted by Gasteiger charge is 2.64. The summed E-state index contributed by atoms with van der Waals surface area (Å²) < 4.78 is 251. The molecule has 0 aromatic heterocycles. The summed E-state index contributed by atoms with van der Waals surface area (Å²) in [4.78, 5) is 0. The van der Waals surface area contributed by atoms with Gasteiger partial charge in [0.15, 0.2) is 8.32 Å². The van der Waals surface area contributed by atoms with Crippen molar-refractivity contribution in [1.29, 1.82) is 0 Å². The number of alkyl halides is 12. The summed E-state index contributed by atoms with van der Waals surface area (Å²) in [5, 5.41) is 0. The lowest BCUT2D eigenvalue weighted by Gasteiger charge is -2.37. The highest BCUT2D eigenvalue weighted by Crippen LogP contribution is 2.39. The zero-order valence-corrected chi connectivity index (χ0v) is 32.3. The molecule has 1 atom stereocenters. The zero-order valence-electron chi connectivity index (χ0n) is 27.0. The van der Waals surface area contributed by atoms with Gasteiger partial charge in [0.1, 0.15) is 12.5 Å². The molecule has 0 bridgehead atoms. The minimum atomic E-state index is -8.05. The number of hydrogen-bond acceptors (Lipinski definition) is 13. The Morgan fingerprint density at radius 3 is 1.10 bits per heavy atom. The SMILES string of the molecule is C[Si](C)(C)C[CH+]CC(O[Si](C)(C)C)c1ccccc1.O=S(=O)(O[B-](OS(=O)(=O)C(F)(F)F)(OS(=O)(=O)C(F)(F)F)OS(=O)(=O)C(F)(F)F)C(F)(F)F. The van der Waals surface area contributed by atoms with Crippen molar-refractivity contribution in [3.63, 3.8) is 0 Å². The van der Waals surface area contributed by atoms with Gasteiger partial charge in [0, 0.05) is 0 Å². The predicted octanol–water partition coefficient (Wildman–Crippen LogP) is 6.40. The third-order valence-electron chi connectivity index (χ3n) is 4.92. The van der Waals surface area contributed by atoms with E-state index in [2.05, 4.69) is 92.4 Å². The molecule has 0 aliphatic rings. The fourth-order valence-electron chi connectivity index (χ4n) is 2.95. The minimum absolute atomic E-state index is 0.240. The topological polar surface area (TPSA) is 183 Å². The van der Waals surface area contributed by atoms with Crippen LogP contribution in [0, 0.1) is 6.42 Å². The van der Waals surface area contributed by atoms with E-state index in [1.165, 1.54) is 11.6 Å². The number of rotatable bonds is 15. The first-order valence-electron chi connectivity index (χ1n) is 13.2. The Bertz CT molecular complexity index is 1580. The fourth-order valence-corrected chi connectivity index (χ4v) is 7.52. The molecule has 0 amide bonds. The molecular formula is C20H29BF12O13S4Si2. The molecule has 0 saturated carbocycles. The van der Waals surface area contributed by atoms with E-state index in [-0.39, 0.29) is 6.10 Å². The van der Waals surface area contributed by atoms with Gasteiger partial charge < -0.3 is 20.8 Å². The molecule has 0 aliphatic heterocycles. The van der Waals surface area contributed by atoms with Crippen LogP contribution < -0.4 is 0 Å². The van der Waals surface area contributed by atoms with Gasteiger partial charge in [-0.25, -0.2) is 0 Å². The van der Waals surface area contributed by atoms with Crippen LogP contribution in [0.4, 0.5) is 52.7 Å². The second-order valence-electron chi connectivity index (χ2n) is 12.0. The molecule has 0 fully saturated rings. The van der Waals surface area contributed by atoms with Gasteiger partial charge in [-0.1, -0.05) is 50.0 Å². The minimum Gasteiger partial charge on any atom is -0.406 e. The lowest BCUT2D eigenvalue weighted by atomic mass is 10.1. The maximum atomic E-state index is 12.4. The van der Waals surface area contributed by atoms with Gasteiger partial charge in [0.05, 0.1) is 20.5 Å². The van der Waals surface area contributed by atoms with E-state index >= 15 is 0 Å². The Morgan fingerprint density at radius 2 is 0.865 bits per heavy atom. The van der Waals surface area contributed by atoms with Crippen molar-refractivity contribution in [1.82, 2.24) is 0 Å². The average molecular weight is 901 g/mol. The first-order chi connectivity index (χ1) is 22.5. The third-order valence-corrected chi connectivity index (χ3v) is 11.6. The lowest BCUT2D eigenvalue weighted by Crippen LogP contribution is -2.59. The normalized spacial score (nSPS) is 15.4. The van der Waals surface area contributed by atoms with Crippen molar-refractivity contribution >= 4 is 63.8 Å². The van der Waals surface area contributed by atoms with Crippen molar-refractivity contribution in [2.45, 2.75) is 79.9 Å². The van der Waals surface area contributed by atoms with Crippen molar-refractivity contribution in [3.8, 4) is 0 Å². The highest BCUT2D eigenvalue weighted by molar-refractivity contribution is 7.93. The highest BCUT2D eigenvalue weighted by atomic mass is 32.2. The quantitative estimate of drug-likeness (QED) is 0.0817. The number of halogens is 12. The maximum Gasteiger partial charge on any atom is 0.587 e. The van der Waals surface area contributed by atoms with Gasteiger partial charge in [-0.05, 0) is 25.2 Å². The maximum absolute atomic E-state index is 12.4. The van der Waals surface area contributed by atoms with Crippen LogP contribution in [0.2, 0.25) is 45.3 Å². The Hall–Kier alpha value is -1.65. The summed E-state index contributed by atoms with van der Waals surface area (Å²) in [6, 6.07) is 11.9. The average Bonchev–Trinajstić information content (AvgIpc) is 2.83. The molecule has 0 aliphatic carbocycles. The molecule has 1 rings (SSSR count). The summed E-state index contributed by atoms with van der Waals surface area (Å²) >= 11 is 0. The van der Waals surface area contributed by atoms with E-state index in [9.17, 15) is 86.4 Å². The molecule has 0 heterocycles. The Morgan fingerprint density at radius 1 is 0.577 bits per heavy atom. The van der Waals surface area contributed by atoms with E-state index in [1.807, 2.05) is 0 Å². The standard InChI is InChI=1S/C16H29OSi2.C4BF12O12S4/c1-18(2,3)14-10-13-16(17-19(4,5)6)15-11-8-7-9-12-15;6-1(7,8)30(18,19)26-5(27-31(20,21)2(9,10)11,28-32(22,23)3(12,13)14)29-33(24,25)4(15,16)17/h7-12,16H,13-14H2,1-6H3;/q+1;-1. The first-order valence-corrected chi connectivity index (χ1v) is 26.0. The molecular weight excluding hydrogens is 871 g/mol. The van der Waals surface area contributed by atoms with Gasteiger partial charge in [0.25, 0.3) is 0 Å². The van der Waals surface area contributed by atoms with Crippen LogP contribution in [-0.4, -0.2) is 79.1 Å². The Labute approximate surface area is 292 Å². The fraction of sp³-hybridized carbons (Fsp3) is 0.650. The van der Waals surface area contributed by atoms with E-state index in [4.69, 9.17) is 4.43 Å². The molecule has 306 valence electrons. The molecule has 52 heavy (non-hydrogen) atoms. The summed E-state index contributed by atoms with van der Waals surface area (Å²) in [7, 11) is -34.7. The van der Waals surface area contributed by atoms with Gasteiger partial charge in [-0.3, -0.25) is 0 Å². The molecule has 0 saturated heterocycles. The number of hydrogen-bond donors (Lipinski definition) is 0. The Balaban J connectivity index is 0.00000115. The van der Waals surface area contributed by atoms with Gasteiger partial charge in [0.2, 0.25) is 0 Å². The molecule has 1 aromatic rings. The largest absolute Gasteiger partial charge is 0.587 e. The summed E-state index contributed by atoms with van der Waals surface area (Å²) in [5.74, 6) is 0. The van der Waals surface area contributed by atoms with Crippen LogP contribution in [-0.2, 0) is 61.3 Å². The Kier molecular flexibility index (Phi) is 16.1. The van der Waals surface area contributed by atoms with Gasteiger partial charge in [-0.2, -0.15) is 86.4 Å². The van der Waals surface area contributed by atoms with E-state index in [1.54, 1.807) is 0 Å². The van der Waals surface area contributed by atoms with Gasteiger partial charge >= 0.3 is 69.5 Å². The van der Waals surface area contributed by atoms with Gasteiger partial charge in [-0.15, -0.1) is 0 Å². The van der Waals surface area contributed by atoms with Crippen LogP contribution >= 0.6 is 0 Å². The second-order valence-corrected chi connectivity index (χ2v) is 28.2. The molecule has 0 N–H and O–H groups in total. The molecule has 1 aromatic carbocycles. The summed E-state index contributed by atoms with van der Waals surface area (Å²) in [5.41, 5.74) is -27.2. The van der Waals surface area contributed by atoms with Crippen molar-refractivity contribution < 1.29 is 107 Å². The summed E-state index contributed by atoms with van der Waals surface area (Å²) in [6.45, 7) is 6.16. The monoisotopic (exact) mass is 900 g/mol. The molecule has 13 nitrogen and oxygen atoms in total. The smallest absolute Gasteiger partial charge is 0.406 e. The molecule has 32 heteroatoms. The van der Waals surface area contributed by atoms with E-state index in [0.29, 0.717) is 0 Å². The van der Waals surface area contributed by atoms with Crippen LogP contribution in [0.15, 0.2) is 30.3 Å². The molecule has 0 radical (unpaired) electrons. The second kappa shape index (κ2) is 16.6. The van der Waals surface area contributed by atoms with E-state index in [0.717, 1.165) is 6.42 Å². The van der Waals surface area contributed by atoms with Crippen molar-refractivity contribution in [3.05, 3.63) is 42.3 Å². The van der Waals surface area contributed by atoms with Crippen LogP contribution in [0.3, 0.4) is 0 Å². The van der Waals surface area contributed by atoms with Crippen LogP contribution in [0.25, 0.3) is 0 Å². The zero-order chi connectivity index (χ0) is 41.8. The van der Waals surface area contributed by atoms with Crippen LogP contribution in [0.5, 0.6) is 0 Å². The number of benzene rings is 1. The van der Waals surface area contributed by atoms with Crippen molar-refractivity contribution in [2.75, 3.05) is 0 Å². The molecule has 1 unspecified atom stereocenters. The van der Waals surface area contributed by atoms with Crippen molar-refractivity contribution in [2.24, 2.45) is 0 Å². The molecule has 0 spiro atoms. The predicted molar refractivity (Wildman–Crippen MR) is 161 cm³/mol. The lowest BCUT2D eigenvalue weighted by molar-refractivity contribution is -0.0651. The van der Waals surface area contributed by atoms with E-state index < -0.39 is 85.9 Å². The summed E-state index contributed by atoms with van der Waals surface area (Å²) in [6.07, 6.45) is 3.73. The van der Waals surface area contributed by atoms with Crippen LogP contribution in [0.1, 0.15) is 18.1 Å². The third kappa shape index (κ3) is 16.0.